The number of rotatable bonds is 17. The molecule has 1 atom stereocenters. The maximum atomic E-state index is 9.08. The highest BCUT2D eigenvalue weighted by molar-refractivity contribution is 4.61. The average molecular weight is 314 g/mol. The summed E-state index contributed by atoms with van der Waals surface area (Å²) >= 11 is 0. The molecule has 1 N–H and O–H groups in total. The molecule has 2 nitrogen and oxygen atoms in total. The van der Waals surface area contributed by atoms with Crippen LogP contribution in [0.3, 0.4) is 0 Å². The van der Waals surface area contributed by atoms with E-state index in [0.29, 0.717) is 6.04 Å². The standard InChI is InChI=1S/C20H43NO/c1-4-5-6-7-8-9-10-11-12-13-14-15-16-17-18-21(3)20(2)19-22/h20,22H,4-19H2,1-3H3. The molecule has 0 bridgehead atoms. The Labute approximate surface area is 140 Å². The van der Waals surface area contributed by atoms with Gasteiger partial charge in [0.1, 0.15) is 0 Å². The van der Waals surface area contributed by atoms with Crippen molar-refractivity contribution in [2.45, 2.75) is 110 Å². The molecule has 0 aromatic carbocycles. The molecule has 0 saturated heterocycles. The van der Waals surface area contributed by atoms with Gasteiger partial charge in [-0.25, -0.2) is 0 Å². The minimum absolute atomic E-state index is 0.273. The molecule has 22 heavy (non-hydrogen) atoms. The monoisotopic (exact) mass is 313 g/mol. The topological polar surface area (TPSA) is 23.5 Å². The van der Waals surface area contributed by atoms with Gasteiger partial charge < -0.3 is 10.0 Å². The first-order valence-electron chi connectivity index (χ1n) is 10.0. The van der Waals surface area contributed by atoms with E-state index in [-0.39, 0.29) is 6.61 Å². The van der Waals surface area contributed by atoms with Gasteiger partial charge in [0.05, 0.1) is 6.61 Å². The first-order chi connectivity index (χ1) is 10.7. The number of nitrogens with zero attached hydrogens (tertiary/aromatic N) is 1. The Morgan fingerprint density at radius 2 is 1.05 bits per heavy atom. The third kappa shape index (κ3) is 14.8. The highest BCUT2D eigenvalue weighted by Crippen LogP contribution is 2.13. The van der Waals surface area contributed by atoms with E-state index in [1.807, 2.05) is 0 Å². The minimum atomic E-state index is 0.273. The number of aliphatic hydroxyl groups is 1. The second kappa shape index (κ2) is 17.3. The summed E-state index contributed by atoms with van der Waals surface area (Å²) in [6.07, 6.45) is 19.8. The van der Waals surface area contributed by atoms with Gasteiger partial charge in [-0.2, -0.15) is 0 Å². The lowest BCUT2D eigenvalue weighted by Crippen LogP contribution is -2.32. The molecule has 0 heterocycles. The van der Waals surface area contributed by atoms with E-state index in [0.717, 1.165) is 6.54 Å². The van der Waals surface area contributed by atoms with Crippen molar-refractivity contribution in [1.82, 2.24) is 4.90 Å². The zero-order valence-corrected chi connectivity index (χ0v) is 15.8. The molecular weight excluding hydrogens is 270 g/mol. The van der Waals surface area contributed by atoms with Crippen LogP contribution < -0.4 is 0 Å². The van der Waals surface area contributed by atoms with Gasteiger partial charge in [-0.3, -0.25) is 0 Å². The molecule has 0 aromatic heterocycles. The fourth-order valence-electron chi connectivity index (χ4n) is 2.92. The zero-order chi connectivity index (χ0) is 16.5. The van der Waals surface area contributed by atoms with Crippen LogP contribution in [0.25, 0.3) is 0 Å². The van der Waals surface area contributed by atoms with Crippen LogP contribution in [0, 0.1) is 0 Å². The normalized spacial score (nSPS) is 13.0. The van der Waals surface area contributed by atoms with Crippen molar-refractivity contribution in [2.75, 3.05) is 20.2 Å². The molecule has 0 aromatic rings. The Kier molecular flexibility index (Phi) is 17.2. The molecule has 2 heteroatoms. The summed E-state index contributed by atoms with van der Waals surface area (Å²) in [5.74, 6) is 0. The maximum Gasteiger partial charge on any atom is 0.0584 e. The van der Waals surface area contributed by atoms with Crippen LogP contribution in [-0.2, 0) is 0 Å². The number of hydrogen-bond donors (Lipinski definition) is 1. The summed E-state index contributed by atoms with van der Waals surface area (Å²) in [4.78, 5) is 2.26. The molecule has 0 aliphatic rings. The van der Waals surface area contributed by atoms with Gasteiger partial charge in [0.15, 0.2) is 0 Å². The Bertz CT molecular complexity index is 208. The van der Waals surface area contributed by atoms with E-state index in [1.165, 1.54) is 89.9 Å². The molecule has 0 rings (SSSR count). The number of likely N-dealkylation sites (N-methyl/N-ethyl adjacent to an activating group) is 1. The molecule has 0 radical (unpaired) electrons. The second-order valence-corrected chi connectivity index (χ2v) is 7.11. The largest absolute Gasteiger partial charge is 0.395 e. The highest BCUT2D eigenvalue weighted by Gasteiger charge is 2.06. The van der Waals surface area contributed by atoms with E-state index >= 15 is 0 Å². The van der Waals surface area contributed by atoms with Gasteiger partial charge in [0.25, 0.3) is 0 Å². The summed E-state index contributed by atoms with van der Waals surface area (Å²) in [7, 11) is 2.11. The van der Waals surface area contributed by atoms with Crippen LogP contribution in [0.4, 0.5) is 0 Å². The predicted molar refractivity (Wildman–Crippen MR) is 99.5 cm³/mol. The Morgan fingerprint density at radius 3 is 1.41 bits per heavy atom. The lowest BCUT2D eigenvalue weighted by Gasteiger charge is -2.22. The van der Waals surface area contributed by atoms with Crippen LogP contribution in [0.5, 0.6) is 0 Å². The molecular formula is C20H43NO. The zero-order valence-electron chi connectivity index (χ0n) is 15.8. The molecule has 0 aliphatic heterocycles. The Hall–Kier alpha value is -0.0800. The van der Waals surface area contributed by atoms with E-state index in [1.54, 1.807) is 0 Å². The van der Waals surface area contributed by atoms with Crippen molar-refractivity contribution in [1.29, 1.82) is 0 Å². The Morgan fingerprint density at radius 1 is 0.682 bits per heavy atom. The van der Waals surface area contributed by atoms with Crippen LogP contribution >= 0.6 is 0 Å². The molecule has 0 saturated carbocycles. The van der Waals surface area contributed by atoms with Crippen LogP contribution in [0.15, 0.2) is 0 Å². The molecule has 1 unspecified atom stereocenters. The fraction of sp³-hybridized carbons (Fsp3) is 1.00. The maximum absolute atomic E-state index is 9.08. The number of hydrogen-bond acceptors (Lipinski definition) is 2. The van der Waals surface area contributed by atoms with Gasteiger partial charge in [0, 0.05) is 6.04 Å². The minimum Gasteiger partial charge on any atom is -0.395 e. The van der Waals surface area contributed by atoms with E-state index < -0.39 is 0 Å². The third-order valence-corrected chi connectivity index (χ3v) is 4.88. The van der Waals surface area contributed by atoms with Crippen LogP contribution in [0.1, 0.15) is 104 Å². The van der Waals surface area contributed by atoms with Gasteiger partial charge in [0.2, 0.25) is 0 Å². The quantitative estimate of drug-likeness (QED) is 0.344. The first kappa shape index (κ1) is 21.9. The number of aliphatic hydroxyl groups excluding tert-OH is 1. The van der Waals surface area contributed by atoms with Crippen LogP contribution in [-0.4, -0.2) is 36.2 Å². The van der Waals surface area contributed by atoms with Crippen molar-refractivity contribution >= 4 is 0 Å². The highest BCUT2D eigenvalue weighted by atomic mass is 16.3. The van der Waals surface area contributed by atoms with Gasteiger partial charge in [-0.05, 0) is 26.9 Å². The number of unbranched alkanes of at least 4 members (excludes halogenated alkanes) is 13. The Balaban J connectivity index is 3.08. The summed E-state index contributed by atoms with van der Waals surface area (Å²) < 4.78 is 0. The van der Waals surface area contributed by atoms with Gasteiger partial charge in [-0.1, -0.05) is 90.4 Å². The first-order valence-corrected chi connectivity index (χ1v) is 10.0. The van der Waals surface area contributed by atoms with Gasteiger partial charge >= 0.3 is 0 Å². The summed E-state index contributed by atoms with van der Waals surface area (Å²) in [6, 6.07) is 0.307. The molecule has 0 spiro atoms. The van der Waals surface area contributed by atoms with E-state index in [9.17, 15) is 0 Å². The SMILES string of the molecule is CCCCCCCCCCCCCCCCN(C)C(C)CO. The molecule has 0 amide bonds. The van der Waals surface area contributed by atoms with E-state index in [2.05, 4.69) is 25.8 Å². The lowest BCUT2D eigenvalue weighted by molar-refractivity contribution is 0.157. The lowest BCUT2D eigenvalue weighted by atomic mass is 10.0. The van der Waals surface area contributed by atoms with Crippen molar-refractivity contribution in [3.05, 3.63) is 0 Å². The summed E-state index contributed by atoms with van der Waals surface area (Å²) in [5, 5.41) is 9.08. The van der Waals surface area contributed by atoms with E-state index in [4.69, 9.17) is 5.11 Å². The van der Waals surface area contributed by atoms with Crippen molar-refractivity contribution in [2.24, 2.45) is 0 Å². The predicted octanol–water partition coefficient (Wildman–Crippen LogP) is 5.78. The average Bonchev–Trinajstić information content (AvgIpc) is 2.54. The molecule has 0 fully saturated rings. The van der Waals surface area contributed by atoms with Crippen molar-refractivity contribution in [3.8, 4) is 0 Å². The fourth-order valence-corrected chi connectivity index (χ4v) is 2.92. The van der Waals surface area contributed by atoms with Crippen LogP contribution in [0.2, 0.25) is 0 Å². The second-order valence-electron chi connectivity index (χ2n) is 7.11. The third-order valence-electron chi connectivity index (χ3n) is 4.88. The molecule has 134 valence electrons. The summed E-state index contributed by atoms with van der Waals surface area (Å²) in [5.41, 5.74) is 0. The smallest absolute Gasteiger partial charge is 0.0584 e. The van der Waals surface area contributed by atoms with Crippen molar-refractivity contribution < 1.29 is 5.11 Å². The van der Waals surface area contributed by atoms with Gasteiger partial charge in [-0.15, -0.1) is 0 Å². The summed E-state index contributed by atoms with van der Waals surface area (Å²) in [6.45, 7) is 5.77. The van der Waals surface area contributed by atoms with Crippen molar-refractivity contribution in [3.63, 3.8) is 0 Å². The molecule has 0 aliphatic carbocycles.